The normalized spacial score (nSPS) is 32.2. The topological polar surface area (TPSA) is 26.3 Å². The summed E-state index contributed by atoms with van der Waals surface area (Å²) in [6.07, 6.45) is 2.89. The number of fused-ring (bicyclic) bond motifs is 1. The third-order valence-corrected chi connectivity index (χ3v) is 3.44. The van der Waals surface area contributed by atoms with Gasteiger partial charge in [-0.05, 0) is 18.9 Å². The van der Waals surface area contributed by atoms with Crippen molar-refractivity contribution in [3.63, 3.8) is 0 Å². The maximum Gasteiger partial charge on any atom is 0.167 e. The Hall–Kier alpha value is -1.57. The minimum absolute atomic E-state index is 0.0128. The molecule has 2 aliphatic rings. The van der Waals surface area contributed by atoms with Gasteiger partial charge in [-0.15, -0.1) is 0 Å². The summed E-state index contributed by atoms with van der Waals surface area (Å²) < 4.78 is 5.65. The molecular formula is C14H14O2. The second kappa shape index (κ2) is 3.48. The number of hydrogen-bond donors (Lipinski definition) is 0. The molecule has 0 N–H and O–H groups in total. The van der Waals surface area contributed by atoms with Crippen LogP contribution in [0.15, 0.2) is 42.2 Å². The van der Waals surface area contributed by atoms with Crippen LogP contribution in [0.5, 0.6) is 0 Å². The predicted octanol–water partition coefficient (Wildman–Crippen LogP) is 2.66. The van der Waals surface area contributed by atoms with Crippen molar-refractivity contribution in [1.29, 1.82) is 0 Å². The molecular weight excluding hydrogens is 200 g/mol. The highest BCUT2D eigenvalue weighted by Crippen LogP contribution is 2.45. The van der Waals surface area contributed by atoms with Gasteiger partial charge in [0, 0.05) is 12.0 Å². The summed E-state index contributed by atoms with van der Waals surface area (Å²) in [6, 6.07) is 10.0. The third-order valence-electron chi connectivity index (χ3n) is 3.44. The molecule has 0 radical (unpaired) electrons. The first-order chi connectivity index (χ1) is 7.75. The number of hydrogen-bond acceptors (Lipinski definition) is 2. The smallest absolute Gasteiger partial charge is 0.167 e. The van der Waals surface area contributed by atoms with Crippen LogP contribution >= 0.6 is 0 Å². The summed E-state index contributed by atoms with van der Waals surface area (Å²) in [6.45, 7) is 2.06. The Labute approximate surface area is 94.9 Å². The molecule has 1 aromatic rings. The highest BCUT2D eigenvalue weighted by molar-refractivity contribution is 5.99. The van der Waals surface area contributed by atoms with E-state index in [4.69, 9.17) is 4.74 Å². The van der Waals surface area contributed by atoms with Crippen molar-refractivity contribution in [1.82, 2.24) is 0 Å². The molecule has 1 heterocycles. The molecule has 1 aliphatic heterocycles. The van der Waals surface area contributed by atoms with Crippen LogP contribution < -0.4 is 0 Å². The fraction of sp³-hybridized carbons (Fsp3) is 0.357. The van der Waals surface area contributed by atoms with Crippen molar-refractivity contribution in [3.8, 4) is 0 Å². The SMILES string of the molecule is C[C@H]1C[C@@H]2C(=CC(=O)[C@H]2c2ccccc2)O1. The van der Waals surface area contributed by atoms with E-state index in [1.54, 1.807) is 6.08 Å². The first-order valence-corrected chi connectivity index (χ1v) is 5.73. The molecule has 3 atom stereocenters. The number of carbonyl (C=O) groups excluding carboxylic acids is 1. The minimum atomic E-state index is -0.0128. The van der Waals surface area contributed by atoms with E-state index < -0.39 is 0 Å². The molecule has 0 aromatic heterocycles. The largest absolute Gasteiger partial charge is 0.495 e. The number of benzene rings is 1. The zero-order valence-corrected chi connectivity index (χ0v) is 9.22. The minimum Gasteiger partial charge on any atom is -0.495 e. The Morgan fingerprint density at radius 3 is 2.75 bits per heavy atom. The van der Waals surface area contributed by atoms with E-state index in [2.05, 4.69) is 6.92 Å². The van der Waals surface area contributed by atoms with Crippen molar-refractivity contribution in [2.24, 2.45) is 5.92 Å². The molecule has 1 fully saturated rings. The number of rotatable bonds is 1. The molecule has 1 saturated heterocycles. The van der Waals surface area contributed by atoms with Gasteiger partial charge in [-0.2, -0.15) is 0 Å². The zero-order chi connectivity index (χ0) is 11.1. The summed E-state index contributed by atoms with van der Waals surface area (Å²) in [7, 11) is 0. The van der Waals surface area contributed by atoms with Gasteiger partial charge >= 0.3 is 0 Å². The molecule has 82 valence electrons. The van der Waals surface area contributed by atoms with Crippen LogP contribution in [-0.4, -0.2) is 11.9 Å². The zero-order valence-electron chi connectivity index (χ0n) is 9.22. The fourth-order valence-corrected chi connectivity index (χ4v) is 2.77. The van der Waals surface area contributed by atoms with Crippen LogP contribution in [0.4, 0.5) is 0 Å². The monoisotopic (exact) mass is 214 g/mol. The Morgan fingerprint density at radius 2 is 2.00 bits per heavy atom. The molecule has 0 saturated carbocycles. The second-order valence-electron chi connectivity index (χ2n) is 4.61. The number of ketones is 1. The summed E-state index contributed by atoms with van der Waals surface area (Å²) in [4.78, 5) is 11.9. The fourth-order valence-electron chi connectivity index (χ4n) is 2.77. The van der Waals surface area contributed by atoms with Crippen LogP contribution in [0.2, 0.25) is 0 Å². The summed E-state index contributed by atoms with van der Waals surface area (Å²) in [5.74, 6) is 1.34. The van der Waals surface area contributed by atoms with Gasteiger partial charge in [0.1, 0.15) is 5.76 Å². The van der Waals surface area contributed by atoms with Crippen LogP contribution in [0.1, 0.15) is 24.8 Å². The molecule has 2 nitrogen and oxygen atoms in total. The van der Waals surface area contributed by atoms with Crippen LogP contribution in [-0.2, 0) is 9.53 Å². The summed E-state index contributed by atoms with van der Waals surface area (Å²) in [5, 5.41) is 0. The van der Waals surface area contributed by atoms with E-state index in [0.29, 0.717) is 0 Å². The van der Waals surface area contributed by atoms with Crippen molar-refractivity contribution in [2.45, 2.75) is 25.4 Å². The quantitative estimate of drug-likeness (QED) is 0.718. The average molecular weight is 214 g/mol. The maximum absolute atomic E-state index is 11.9. The van der Waals surface area contributed by atoms with Crippen LogP contribution in [0.25, 0.3) is 0 Å². The highest BCUT2D eigenvalue weighted by Gasteiger charge is 2.43. The van der Waals surface area contributed by atoms with Gasteiger partial charge in [-0.3, -0.25) is 4.79 Å². The van der Waals surface area contributed by atoms with Gasteiger partial charge in [0.25, 0.3) is 0 Å². The van der Waals surface area contributed by atoms with Crippen molar-refractivity contribution in [3.05, 3.63) is 47.7 Å². The lowest BCUT2D eigenvalue weighted by molar-refractivity contribution is -0.116. The standard InChI is InChI=1S/C14H14O2/c1-9-7-11-13(16-9)8-12(15)14(11)10-5-3-2-4-6-10/h2-6,8-9,11,14H,7H2,1H3/t9-,11+,14-/m0/s1. The van der Waals surface area contributed by atoms with E-state index in [1.165, 1.54) is 0 Å². The maximum atomic E-state index is 11.9. The van der Waals surface area contributed by atoms with Gasteiger partial charge < -0.3 is 4.74 Å². The van der Waals surface area contributed by atoms with E-state index in [9.17, 15) is 4.79 Å². The van der Waals surface area contributed by atoms with Crippen molar-refractivity contribution < 1.29 is 9.53 Å². The molecule has 0 amide bonds. The Morgan fingerprint density at radius 1 is 1.25 bits per heavy atom. The second-order valence-corrected chi connectivity index (χ2v) is 4.61. The third kappa shape index (κ3) is 1.37. The van der Waals surface area contributed by atoms with Crippen LogP contribution in [0, 0.1) is 5.92 Å². The van der Waals surface area contributed by atoms with Gasteiger partial charge in [0.15, 0.2) is 5.78 Å². The predicted molar refractivity (Wildman–Crippen MR) is 60.9 cm³/mol. The molecule has 0 bridgehead atoms. The van der Waals surface area contributed by atoms with Crippen molar-refractivity contribution in [2.75, 3.05) is 0 Å². The van der Waals surface area contributed by atoms with E-state index in [1.807, 2.05) is 30.3 Å². The average Bonchev–Trinajstić information content (AvgIpc) is 2.74. The van der Waals surface area contributed by atoms with Crippen molar-refractivity contribution >= 4 is 5.78 Å². The van der Waals surface area contributed by atoms with E-state index in [-0.39, 0.29) is 23.7 Å². The molecule has 1 aromatic carbocycles. The van der Waals surface area contributed by atoms with Gasteiger partial charge in [0.2, 0.25) is 0 Å². The first kappa shape index (κ1) is 9.64. The highest BCUT2D eigenvalue weighted by atomic mass is 16.5. The molecule has 0 spiro atoms. The molecule has 3 rings (SSSR count). The van der Waals surface area contributed by atoms with Gasteiger partial charge in [-0.25, -0.2) is 0 Å². The Kier molecular flexibility index (Phi) is 2.10. The number of ether oxygens (including phenoxy) is 1. The molecule has 0 unspecified atom stereocenters. The number of carbonyl (C=O) groups is 1. The lowest BCUT2D eigenvalue weighted by Gasteiger charge is -2.15. The van der Waals surface area contributed by atoms with Gasteiger partial charge in [0.05, 0.1) is 12.0 Å². The van der Waals surface area contributed by atoms with Gasteiger partial charge in [-0.1, -0.05) is 30.3 Å². The van der Waals surface area contributed by atoms with E-state index in [0.717, 1.165) is 17.7 Å². The number of allylic oxidation sites excluding steroid dienone is 2. The summed E-state index contributed by atoms with van der Waals surface area (Å²) in [5.41, 5.74) is 1.11. The summed E-state index contributed by atoms with van der Waals surface area (Å²) >= 11 is 0. The molecule has 16 heavy (non-hydrogen) atoms. The molecule has 1 aliphatic carbocycles. The Balaban J connectivity index is 1.96. The lowest BCUT2D eigenvalue weighted by Crippen LogP contribution is -2.14. The van der Waals surface area contributed by atoms with Crippen LogP contribution in [0.3, 0.4) is 0 Å². The first-order valence-electron chi connectivity index (χ1n) is 5.73. The molecule has 2 heteroatoms. The Bertz CT molecular complexity index is 447. The lowest BCUT2D eigenvalue weighted by atomic mass is 9.85. The van der Waals surface area contributed by atoms with E-state index >= 15 is 0 Å².